The number of halogens is 1. The molecule has 0 aliphatic carbocycles. The smallest absolute Gasteiger partial charge is 0.119 e. The summed E-state index contributed by atoms with van der Waals surface area (Å²) in [6, 6.07) is 3.97. The zero-order valence-corrected chi connectivity index (χ0v) is 11.9. The fourth-order valence-electron chi connectivity index (χ4n) is 1.62. The third kappa shape index (κ3) is 4.97. The molecule has 1 N–H and O–H groups in total. The molecule has 1 aromatic rings. The van der Waals surface area contributed by atoms with Crippen LogP contribution in [0.2, 0.25) is 5.02 Å². The van der Waals surface area contributed by atoms with Gasteiger partial charge in [0, 0.05) is 11.6 Å². The third-order valence-electron chi connectivity index (χ3n) is 2.51. The van der Waals surface area contributed by atoms with Crippen molar-refractivity contribution in [1.82, 2.24) is 5.32 Å². The number of benzene rings is 1. The molecule has 0 aliphatic heterocycles. The minimum absolute atomic E-state index is 0.676. The van der Waals surface area contributed by atoms with E-state index in [-0.39, 0.29) is 0 Å². The number of hydrogen-bond donors (Lipinski definition) is 1. The van der Waals surface area contributed by atoms with Gasteiger partial charge in [-0.05, 0) is 49.6 Å². The summed E-state index contributed by atoms with van der Waals surface area (Å²) in [6.45, 7) is 11.0. The van der Waals surface area contributed by atoms with Crippen molar-refractivity contribution in [3.05, 3.63) is 28.3 Å². The molecule has 0 heterocycles. The van der Waals surface area contributed by atoms with Gasteiger partial charge >= 0.3 is 0 Å². The van der Waals surface area contributed by atoms with Gasteiger partial charge in [-0.3, -0.25) is 0 Å². The van der Waals surface area contributed by atoms with Gasteiger partial charge in [0.25, 0.3) is 0 Å². The van der Waals surface area contributed by atoms with Crippen molar-refractivity contribution in [3.63, 3.8) is 0 Å². The Morgan fingerprint density at radius 2 is 1.82 bits per heavy atom. The van der Waals surface area contributed by atoms with Crippen molar-refractivity contribution in [3.8, 4) is 5.75 Å². The molecule has 0 bridgehead atoms. The van der Waals surface area contributed by atoms with E-state index >= 15 is 0 Å². The second-order valence-electron chi connectivity index (χ2n) is 4.82. The van der Waals surface area contributed by atoms with E-state index in [4.69, 9.17) is 16.3 Å². The molecule has 0 radical (unpaired) electrons. The Balaban J connectivity index is 2.37. The van der Waals surface area contributed by atoms with Crippen LogP contribution in [0.25, 0.3) is 0 Å². The third-order valence-corrected chi connectivity index (χ3v) is 3.11. The molecule has 1 rings (SSSR count). The molecule has 0 fully saturated rings. The molecular weight excluding hydrogens is 234 g/mol. The van der Waals surface area contributed by atoms with Gasteiger partial charge in [-0.1, -0.05) is 25.4 Å². The SMILES string of the molecule is Cc1cc(OCCNCC(C)C)cc(C)c1Cl. The van der Waals surface area contributed by atoms with Crippen molar-refractivity contribution >= 4 is 11.6 Å². The van der Waals surface area contributed by atoms with Gasteiger partial charge in [-0.15, -0.1) is 0 Å². The molecule has 2 nitrogen and oxygen atoms in total. The minimum atomic E-state index is 0.676. The van der Waals surface area contributed by atoms with E-state index in [2.05, 4.69) is 19.2 Å². The van der Waals surface area contributed by atoms with Crippen molar-refractivity contribution in [2.45, 2.75) is 27.7 Å². The molecule has 0 atom stereocenters. The molecule has 1 aromatic carbocycles. The van der Waals surface area contributed by atoms with Gasteiger partial charge in [-0.2, -0.15) is 0 Å². The predicted octanol–water partition coefficient (Wildman–Crippen LogP) is 3.58. The second-order valence-corrected chi connectivity index (χ2v) is 5.20. The van der Waals surface area contributed by atoms with Crippen molar-refractivity contribution < 1.29 is 4.74 Å². The van der Waals surface area contributed by atoms with Crippen LogP contribution in [0.5, 0.6) is 5.75 Å². The highest BCUT2D eigenvalue weighted by molar-refractivity contribution is 6.32. The Bertz CT molecular complexity index is 340. The summed E-state index contributed by atoms with van der Waals surface area (Å²) in [7, 11) is 0. The number of ether oxygens (including phenoxy) is 1. The van der Waals surface area contributed by atoms with E-state index in [1.807, 2.05) is 26.0 Å². The van der Waals surface area contributed by atoms with E-state index in [1.165, 1.54) is 0 Å². The second kappa shape index (κ2) is 6.87. The molecule has 0 aliphatic rings. The molecule has 0 saturated carbocycles. The predicted molar refractivity (Wildman–Crippen MR) is 74.1 cm³/mol. The highest BCUT2D eigenvalue weighted by atomic mass is 35.5. The summed E-state index contributed by atoms with van der Waals surface area (Å²) in [4.78, 5) is 0. The van der Waals surface area contributed by atoms with Crippen LogP contribution < -0.4 is 10.1 Å². The molecular formula is C14H22ClNO. The average Bonchev–Trinajstić information content (AvgIpc) is 2.25. The van der Waals surface area contributed by atoms with E-state index in [9.17, 15) is 0 Å². The van der Waals surface area contributed by atoms with Gasteiger partial charge in [-0.25, -0.2) is 0 Å². The molecule has 3 heteroatoms. The first-order valence-electron chi connectivity index (χ1n) is 6.11. The summed E-state index contributed by atoms with van der Waals surface area (Å²) in [5.41, 5.74) is 2.13. The maximum Gasteiger partial charge on any atom is 0.119 e. The molecule has 0 spiro atoms. The van der Waals surface area contributed by atoms with Crippen molar-refractivity contribution in [2.24, 2.45) is 5.92 Å². The quantitative estimate of drug-likeness (QED) is 0.785. The first kappa shape index (κ1) is 14.3. The Hall–Kier alpha value is -0.730. The first-order chi connectivity index (χ1) is 8.00. The van der Waals surface area contributed by atoms with Gasteiger partial charge in [0.05, 0.1) is 0 Å². The van der Waals surface area contributed by atoms with Crippen LogP contribution in [0.15, 0.2) is 12.1 Å². The molecule has 0 saturated heterocycles. The topological polar surface area (TPSA) is 21.3 Å². The van der Waals surface area contributed by atoms with Gasteiger partial charge in [0.15, 0.2) is 0 Å². The lowest BCUT2D eigenvalue weighted by atomic mass is 10.1. The van der Waals surface area contributed by atoms with E-state index < -0.39 is 0 Å². The van der Waals surface area contributed by atoms with Crippen molar-refractivity contribution in [1.29, 1.82) is 0 Å². The fourth-order valence-corrected chi connectivity index (χ4v) is 1.73. The maximum absolute atomic E-state index is 6.10. The standard InChI is InChI=1S/C14H22ClNO/c1-10(2)9-16-5-6-17-13-7-11(3)14(15)12(4)8-13/h7-8,10,16H,5-6,9H2,1-4H3. The molecule has 0 aromatic heterocycles. The average molecular weight is 256 g/mol. The summed E-state index contributed by atoms with van der Waals surface area (Å²) in [6.07, 6.45) is 0. The van der Waals surface area contributed by atoms with E-state index in [0.717, 1.165) is 35.0 Å². The first-order valence-corrected chi connectivity index (χ1v) is 6.48. The van der Waals surface area contributed by atoms with Crippen LogP contribution >= 0.6 is 11.6 Å². The summed E-state index contributed by atoms with van der Waals surface area (Å²) >= 11 is 6.10. The van der Waals surface area contributed by atoms with Crippen LogP contribution in [0.4, 0.5) is 0 Å². The van der Waals surface area contributed by atoms with E-state index in [1.54, 1.807) is 0 Å². The summed E-state index contributed by atoms with van der Waals surface area (Å²) < 4.78 is 5.68. The fraction of sp³-hybridized carbons (Fsp3) is 0.571. The van der Waals surface area contributed by atoms with Gasteiger partial charge < -0.3 is 10.1 Å². The highest BCUT2D eigenvalue weighted by Gasteiger charge is 2.03. The Morgan fingerprint density at radius 1 is 1.24 bits per heavy atom. The maximum atomic E-state index is 6.10. The van der Waals surface area contributed by atoms with Crippen LogP contribution in [0.3, 0.4) is 0 Å². The lowest BCUT2D eigenvalue weighted by molar-refractivity contribution is 0.310. The number of hydrogen-bond acceptors (Lipinski definition) is 2. The Kier molecular flexibility index (Phi) is 5.79. The number of rotatable bonds is 6. The molecule has 0 unspecified atom stereocenters. The highest BCUT2D eigenvalue weighted by Crippen LogP contribution is 2.25. The Morgan fingerprint density at radius 3 is 2.35 bits per heavy atom. The van der Waals surface area contributed by atoms with Crippen molar-refractivity contribution in [2.75, 3.05) is 19.7 Å². The van der Waals surface area contributed by atoms with Crippen LogP contribution in [-0.4, -0.2) is 19.7 Å². The molecule has 0 amide bonds. The van der Waals surface area contributed by atoms with Crippen LogP contribution in [0.1, 0.15) is 25.0 Å². The van der Waals surface area contributed by atoms with Gasteiger partial charge in [0.1, 0.15) is 12.4 Å². The number of nitrogens with one attached hydrogen (secondary N) is 1. The lowest BCUT2D eigenvalue weighted by Gasteiger charge is -2.11. The summed E-state index contributed by atoms with van der Waals surface area (Å²) in [5, 5.41) is 4.17. The molecule has 17 heavy (non-hydrogen) atoms. The zero-order chi connectivity index (χ0) is 12.8. The Labute approximate surface area is 109 Å². The van der Waals surface area contributed by atoms with Crippen LogP contribution in [-0.2, 0) is 0 Å². The lowest BCUT2D eigenvalue weighted by Crippen LogP contribution is -2.24. The van der Waals surface area contributed by atoms with Gasteiger partial charge in [0.2, 0.25) is 0 Å². The molecule has 96 valence electrons. The number of aryl methyl sites for hydroxylation is 2. The monoisotopic (exact) mass is 255 g/mol. The minimum Gasteiger partial charge on any atom is -0.492 e. The summed E-state index contributed by atoms with van der Waals surface area (Å²) in [5.74, 6) is 1.57. The van der Waals surface area contributed by atoms with E-state index in [0.29, 0.717) is 12.5 Å². The largest absolute Gasteiger partial charge is 0.492 e. The van der Waals surface area contributed by atoms with Crippen LogP contribution in [0, 0.1) is 19.8 Å². The zero-order valence-electron chi connectivity index (χ0n) is 11.1. The normalized spacial score (nSPS) is 10.9.